The number of hydrogen-bond donors (Lipinski definition) is 1. The summed E-state index contributed by atoms with van der Waals surface area (Å²) in [5, 5.41) is 15.2. The molecule has 0 aliphatic heterocycles. The van der Waals surface area contributed by atoms with Gasteiger partial charge in [-0.3, -0.25) is 14.5 Å². The van der Waals surface area contributed by atoms with Gasteiger partial charge in [0.15, 0.2) is 11.3 Å². The molecule has 2 heterocycles. The number of halogens is 2. The van der Waals surface area contributed by atoms with E-state index in [-0.39, 0.29) is 5.69 Å². The minimum Gasteiger partial charge on any atom is -0.337 e. The number of nitrogens with one attached hydrogen (secondary N) is 1. The van der Waals surface area contributed by atoms with Crippen LogP contribution in [-0.4, -0.2) is 19.3 Å². The summed E-state index contributed by atoms with van der Waals surface area (Å²) in [5.41, 5.74) is 3.12. The maximum absolute atomic E-state index is 11.4. The molecular formula is C17H11BrClN5O2. The highest BCUT2D eigenvalue weighted by Gasteiger charge is 2.19. The molecule has 0 bridgehead atoms. The Morgan fingerprint density at radius 3 is 2.88 bits per heavy atom. The van der Waals surface area contributed by atoms with E-state index in [0.29, 0.717) is 27.4 Å². The molecule has 0 saturated heterocycles. The molecule has 0 fully saturated rings. The third-order valence-corrected chi connectivity index (χ3v) is 4.80. The Labute approximate surface area is 160 Å². The van der Waals surface area contributed by atoms with Gasteiger partial charge in [-0.1, -0.05) is 33.6 Å². The van der Waals surface area contributed by atoms with Gasteiger partial charge < -0.3 is 5.32 Å². The van der Waals surface area contributed by atoms with Crippen molar-refractivity contribution in [2.75, 3.05) is 5.32 Å². The van der Waals surface area contributed by atoms with Crippen molar-refractivity contribution in [2.45, 2.75) is 6.92 Å². The molecule has 0 aliphatic carbocycles. The topological polar surface area (TPSA) is 85.4 Å². The highest BCUT2D eigenvalue weighted by Crippen LogP contribution is 2.34. The SMILES string of the molecule is Cc1cc(Br)cc(Cl)c1Nc1nc2cccc([N+](=O)[O-])c2n2cncc12. The number of nitro benzene ring substituents is 1. The van der Waals surface area contributed by atoms with Gasteiger partial charge in [0.05, 0.1) is 27.3 Å². The number of nitro groups is 1. The molecule has 26 heavy (non-hydrogen) atoms. The molecule has 130 valence electrons. The summed E-state index contributed by atoms with van der Waals surface area (Å²) in [7, 11) is 0. The molecule has 0 atom stereocenters. The zero-order valence-corrected chi connectivity index (χ0v) is 15.7. The summed E-state index contributed by atoms with van der Waals surface area (Å²) in [6, 6.07) is 8.51. The van der Waals surface area contributed by atoms with Crippen LogP contribution in [0.4, 0.5) is 17.2 Å². The van der Waals surface area contributed by atoms with Crippen molar-refractivity contribution in [1.29, 1.82) is 0 Å². The molecule has 2 aromatic carbocycles. The third kappa shape index (κ3) is 2.67. The molecule has 0 amide bonds. The Bertz CT molecular complexity index is 1170. The van der Waals surface area contributed by atoms with E-state index < -0.39 is 4.92 Å². The first-order valence-corrected chi connectivity index (χ1v) is 8.74. The van der Waals surface area contributed by atoms with Crippen LogP contribution in [0.25, 0.3) is 16.6 Å². The summed E-state index contributed by atoms with van der Waals surface area (Å²) in [4.78, 5) is 19.7. The zero-order valence-electron chi connectivity index (χ0n) is 13.4. The van der Waals surface area contributed by atoms with Crippen LogP contribution in [0.2, 0.25) is 5.02 Å². The second kappa shape index (κ2) is 6.22. The van der Waals surface area contributed by atoms with Crippen molar-refractivity contribution in [2.24, 2.45) is 0 Å². The highest BCUT2D eigenvalue weighted by molar-refractivity contribution is 9.10. The number of imidazole rings is 1. The third-order valence-electron chi connectivity index (χ3n) is 4.04. The van der Waals surface area contributed by atoms with E-state index in [0.717, 1.165) is 15.7 Å². The van der Waals surface area contributed by atoms with Gasteiger partial charge in [-0.25, -0.2) is 9.97 Å². The van der Waals surface area contributed by atoms with Crippen LogP contribution in [-0.2, 0) is 0 Å². The largest absolute Gasteiger partial charge is 0.337 e. The lowest BCUT2D eigenvalue weighted by atomic mass is 10.2. The number of para-hydroxylation sites is 1. The lowest BCUT2D eigenvalue weighted by Crippen LogP contribution is -2.02. The van der Waals surface area contributed by atoms with Crippen LogP contribution >= 0.6 is 27.5 Å². The van der Waals surface area contributed by atoms with E-state index in [4.69, 9.17) is 11.6 Å². The fourth-order valence-electron chi connectivity index (χ4n) is 2.90. The number of non-ortho nitro benzene ring substituents is 1. The molecule has 0 spiro atoms. The summed E-state index contributed by atoms with van der Waals surface area (Å²) >= 11 is 9.78. The van der Waals surface area contributed by atoms with Gasteiger partial charge >= 0.3 is 0 Å². The fourth-order valence-corrected chi connectivity index (χ4v) is 3.92. The maximum Gasteiger partial charge on any atom is 0.295 e. The summed E-state index contributed by atoms with van der Waals surface area (Å²) in [5.74, 6) is 0.517. The van der Waals surface area contributed by atoms with E-state index in [1.54, 1.807) is 28.8 Å². The number of hydrogen-bond acceptors (Lipinski definition) is 5. The molecule has 0 unspecified atom stereocenters. The maximum atomic E-state index is 11.4. The average Bonchev–Trinajstić information content (AvgIpc) is 3.07. The molecule has 4 aromatic rings. The van der Waals surface area contributed by atoms with Gasteiger partial charge in [0, 0.05) is 10.5 Å². The molecule has 0 radical (unpaired) electrons. The van der Waals surface area contributed by atoms with E-state index in [9.17, 15) is 10.1 Å². The number of rotatable bonds is 3. The lowest BCUT2D eigenvalue weighted by molar-refractivity contribution is -0.383. The molecule has 0 saturated carbocycles. The number of anilines is 2. The quantitative estimate of drug-likeness (QED) is 0.352. The lowest BCUT2D eigenvalue weighted by Gasteiger charge is -2.14. The van der Waals surface area contributed by atoms with Crippen molar-refractivity contribution in [3.8, 4) is 0 Å². The highest BCUT2D eigenvalue weighted by atomic mass is 79.9. The normalized spacial score (nSPS) is 11.2. The summed E-state index contributed by atoms with van der Waals surface area (Å²) in [6.45, 7) is 1.93. The predicted octanol–water partition coefficient (Wildman–Crippen LogP) is 5.26. The van der Waals surface area contributed by atoms with Crippen LogP contribution in [0, 0.1) is 17.0 Å². The Balaban J connectivity index is 1.97. The number of aromatic nitrogens is 3. The first kappa shape index (κ1) is 16.7. The molecule has 7 nitrogen and oxygen atoms in total. The number of aryl methyl sites for hydroxylation is 1. The van der Waals surface area contributed by atoms with E-state index in [1.165, 1.54) is 12.4 Å². The van der Waals surface area contributed by atoms with Crippen molar-refractivity contribution >= 4 is 61.3 Å². The Morgan fingerprint density at radius 2 is 2.15 bits per heavy atom. The Kier molecular flexibility index (Phi) is 4.01. The van der Waals surface area contributed by atoms with Crippen molar-refractivity contribution < 1.29 is 4.92 Å². The first-order valence-electron chi connectivity index (χ1n) is 7.57. The molecule has 1 N–H and O–H groups in total. The second-order valence-electron chi connectivity index (χ2n) is 5.72. The van der Waals surface area contributed by atoms with Gasteiger partial charge in [0.25, 0.3) is 5.69 Å². The minimum atomic E-state index is -0.424. The standard InChI is InChI=1S/C17H11BrClN5O2/c1-9-5-10(18)6-11(19)15(9)22-17-14-7-20-8-23(14)16-12(21-17)3-2-4-13(16)24(25)26/h2-8H,1H3,(H,21,22). The molecule has 0 aliphatic rings. The molecule has 4 rings (SSSR count). The van der Waals surface area contributed by atoms with Gasteiger partial charge in [0.2, 0.25) is 0 Å². The monoisotopic (exact) mass is 431 g/mol. The summed E-state index contributed by atoms with van der Waals surface area (Å²) in [6.07, 6.45) is 3.14. The van der Waals surface area contributed by atoms with Crippen LogP contribution in [0.5, 0.6) is 0 Å². The second-order valence-corrected chi connectivity index (χ2v) is 7.04. The van der Waals surface area contributed by atoms with Gasteiger partial charge in [-0.15, -0.1) is 0 Å². The van der Waals surface area contributed by atoms with E-state index >= 15 is 0 Å². The van der Waals surface area contributed by atoms with Gasteiger partial charge in [-0.2, -0.15) is 0 Å². The van der Waals surface area contributed by atoms with Crippen molar-refractivity contribution in [3.05, 3.63) is 68.0 Å². The van der Waals surface area contributed by atoms with Crippen LogP contribution in [0.15, 0.2) is 47.3 Å². The fraction of sp³-hybridized carbons (Fsp3) is 0.0588. The minimum absolute atomic E-state index is 0.0256. The predicted molar refractivity (Wildman–Crippen MR) is 104 cm³/mol. The Hall–Kier alpha value is -2.71. The molecule has 9 heteroatoms. The molecular weight excluding hydrogens is 422 g/mol. The van der Waals surface area contributed by atoms with Gasteiger partial charge in [0.1, 0.15) is 11.8 Å². The van der Waals surface area contributed by atoms with Crippen LogP contribution in [0.1, 0.15) is 5.56 Å². The van der Waals surface area contributed by atoms with Crippen molar-refractivity contribution in [3.63, 3.8) is 0 Å². The summed E-state index contributed by atoms with van der Waals surface area (Å²) < 4.78 is 2.53. The van der Waals surface area contributed by atoms with E-state index in [2.05, 4.69) is 31.2 Å². The number of nitrogens with zero attached hydrogens (tertiary/aromatic N) is 4. The van der Waals surface area contributed by atoms with Crippen LogP contribution in [0.3, 0.4) is 0 Å². The smallest absolute Gasteiger partial charge is 0.295 e. The number of fused-ring (bicyclic) bond motifs is 3. The van der Waals surface area contributed by atoms with Gasteiger partial charge in [-0.05, 0) is 30.7 Å². The molecule has 2 aromatic heterocycles. The van der Waals surface area contributed by atoms with E-state index in [1.807, 2.05) is 13.0 Å². The van der Waals surface area contributed by atoms with Crippen molar-refractivity contribution in [1.82, 2.24) is 14.4 Å². The zero-order chi connectivity index (χ0) is 18.4. The Morgan fingerprint density at radius 1 is 1.35 bits per heavy atom. The first-order chi connectivity index (χ1) is 12.5. The average molecular weight is 433 g/mol. The van der Waals surface area contributed by atoms with Crippen LogP contribution < -0.4 is 5.32 Å². The number of benzene rings is 2.